The predicted octanol–water partition coefficient (Wildman–Crippen LogP) is 3.41. The number of nitrogens with two attached hydrogens (primary N) is 1. The summed E-state index contributed by atoms with van der Waals surface area (Å²) in [6.45, 7) is 7.01. The van der Waals surface area contributed by atoms with E-state index in [0.717, 1.165) is 12.5 Å². The summed E-state index contributed by atoms with van der Waals surface area (Å²) in [5.41, 5.74) is 5.15. The Bertz CT molecular complexity index is 331. The molecule has 0 heterocycles. The molecule has 3 N–H and O–H groups in total. The maximum atomic E-state index is 12.5. The van der Waals surface area contributed by atoms with Crippen molar-refractivity contribution >= 4 is 23.1 Å². The van der Waals surface area contributed by atoms with Crippen LogP contribution < -0.4 is 11.1 Å². The SMILES string of the molecule is CCC1CCC(CNC(=O)C(CC)(CC)C(N)=S)CC1. The van der Waals surface area contributed by atoms with E-state index in [4.69, 9.17) is 18.0 Å². The third-order valence-electron chi connectivity index (χ3n) is 5.21. The summed E-state index contributed by atoms with van der Waals surface area (Å²) in [4.78, 5) is 12.8. The molecular formula is C16H30N2OS. The zero-order chi connectivity index (χ0) is 15.2. The Morgan fingerprint density at radius 2 is 1.65 bits per heavy atom. The van der Waals surface area contributed by atoms with Crippen LogP contribution in [0, 0.1) is 17.3 Å². The van der Waals surface area contributed by atoms with Crippen molar-refractivity contribution in [1.82, 2.24) is 5.32 Å². The Kier molecular flexibility index (Phi) is 6.93. The monoisotopic (exact) mass is 298 g/mol. The Labute approximate surface area is 129 Å². The van der Waals surface area contributed by atoms with Crippen LogP contribution in [0.4, 0.5) is 0 Å². The standard InChI is InChI=1S/C16H30N2OS/c1-4-12-7-9-13(10-8-12)11-18-15(19)16(5-2,6-3)14(17)20/h12-13H,4-11H2,1-3H3,(H2,17,20)(H,18,19). The highest BCUT2D eigenvalue weighted by Crippen LogP contribution is 2.31. The van der Waals surface area contributed by atoms with Crippen molar-refractivity contribution in [3.8, 4) is 0 Å². The maximum absolute atomic E-state index is 12.5. The van der Waals surface area contributed by atoms with Crippen molar-refractivity contribution in [1.29, 1.82) is 0 Å². The predicted molar refractivity (Wildman–Crippen MR) is 88.5 cm³/mol. The highest BCUT2D eigenvalue weighted by atomic mass is 32.1. The van der Waals surface area contributed by atoms with Gasteiger partial charge in [-0.05, 0) is 37.5 Å². The second-order valence-corrected chi connectivity index (χ2v) is 6.60. The molecular weight excluding hydrogens is 268 g/mol. The molecule has 116 valence electrons. The molecule has 1 fully saturated rings. The molecule has 0 unspecified atom stereocenters. The average molecular weight is 298 g/mol. The first-order valence-corrected chi connectivity index (χ1v) is 8.49. The minimum Gasteiger partial charge on any atom is -0.392 e. The quantitative estimate of drug-likeness (QED) is 0.708. The third kappa shape index (κ3) is 3.94. The van der Waals surface area contributed by atoms with Gasteiger partial charge in [-0.25, -0.2) is 0 Å². The minimum atomic E-state index is -0.657. The molecule has 1 aliphatic rings. The normalized spacial score (nSPS) is 23.4. The van der Waals surface area contributed by atoms with E-state index in [-0.39, 0.29) is 5.91 Å². The fraction of sp³-hybridized carbons (Fsp3) is 0.875. The Morgan fingerprint density at radius 1 is 1.15 bits per heavy atom. The number of hydrogen-bond acceptors (Lipinski definition) is 2. The summed E-state index contributed by atoms with van der Waals surface area (Å²) < 4.78 is 0. The van der Waals surface area contributed by atoms with E-state index in [1.165, 1.54) is 32.1 Å². The smallest absolute Gasteiger partial charge is 0.233 e. The molecule has 1 saturated carbocycles. The van der Waals surface area contributed by atoms with Crippen molar-refractivity contribution in [2.45, 2.75) is 65.7 Å². The number of rotatable bonds is 7. The molecule has 1 rings (SSSR count). The summed E-state index contributed by atoms with van der Waals surface area (Å²) in [6, 6.07) is 0. The highest BCUT2D eigenvalue weighted by molar-refractivity contribution is 7.80. The molecule has 20 heavy (non-hydrogen) atoms. The number of nitrogens with one attached hydrogen (secondary N) is 1. The van der Waals surface area contributed by atoms with Gasteiger partial charge in [-0.15, -0.1) is 0 Å². The number of amides is 1. The van der Waals surface area contributed by atoms with Crippen LogP contribution in [0.3, 0.4) is 0 Å². The van der Waals surface area contributed by atoms with Crippen molar-refractivity contribution in [2.24, 2.45) is 23.0 Å². The fourth-order valence-electron chi connectivity index (χ4n) is 3.28. The largest absolute Gasteiger partial charge is 0.392 e. The third-order valence-corrected chi connectivity index (χ3v) is 5.60. The molecule has 0 bridgehead atoms. The summed E-state index contributed by atoms with van der Waals surface area (Å²) in [6.07, 6.45) is 7.71. The maximum Gasteiger partial charge on any atom is 0.233 e. The van der Waals surface area contributed by atoms with E-state index in [1.807, 2.05) is 13.8 Å². The van der Waals surface area contributed by atoms with Crippen molar-refractivity contribution in [3.63, 3.8) is 0 Å². The van der Waals surface area contributed by atoms with Crippen molar-refractivity contribution < 1.29 is 4.79 Å². The Hall–Kier alpha value is -0.640. The second-order valence-electron chi connectivity index (χ2n) is 6.16. The van der Waals surface area contributed by atoms with Gasteiger partial charge in [-0.2, -0.15) is 0 Å². The average Bonchev–Trinajstić information content (AvgIpc) is 2.47. The van der Waals surface area contributed by atoms with Crippen LogP contribution in [-0.4, -0.2) is 17.4 Å². The lowest BCUT2D eigenvalue weighted by Crippen LogP contribution is -2.49. The van der Waals surface area contributed by atoms with Gasteiger partial charge in [0.1, 0.15) is 0 Å². The molecule has 0 aromatic heterocycles. The van der Waals surface area contributed by atoms with Crippen LogP contribution in [0.2, 0.25) is 0 Å². The van der Waals surface area contributed by atoms with Crippen LogP contribution in [-0.2, 0) is 4.79 Å². The van der Waals surface area contributed by atoms with Gasteiger partial charge >= 0.3 is 0 Å². The van der Waals surface area contributed by atoms with Gasteiger partial charge < -0.3 is 11.1 Å². The topological polar surface area (TPSA) is 55.1 Å². The Morgan fingerprint density at radius 3 is 2.05 bits per heavy atom. The summed E-state index contributed by atoms with van der Waals surface area (Å²) in [5.74, 6) is 1.54. The molecule has 1 amide bonds. The van der Waals surface area contributed by atoms with Gasteiger partial charge in [0, 0.05) is 6.54 Å². The minimum absolute atomic E-state index is 0.0209. The van der Waals surface area contributed by atoms with E-state index in [0.29, 0.717) is 23.7 Å². The molecule has 4 heteroatoms. The molecule has 0 aromatic carbocycles. The van der Waals surface area contributed by atoms with E-state index >= 15 is 0 Å². The second kappa shape index (κ2) is 7.96. The highest BCUT2D eigenvalue weighted by Gasteiger charge is 2.38. The zero-order valence-electron chi connectivity index (χ0n) is 13.2. The van der Waals surface area contributed by atoms with Crippen molar-refractivity contribution in [2.75, 3.05) is 6.54 Å². The lowest BCUT2D eigenvalue weighted by atomic mass is 9.79. The van der Waals surface area contributed by atoms with Crippen molar-refractivity contribution in [3.05, 3.63) is 0 Å². The van der Waals surface area contributed by atoms with Crippen LogP contribution in [0.5, 0.6) is 0 Å². The van der Waals surface area contributed by atoms with E-state index in [9.17, 15) is 4.79 Å². The zero-order valence-corrected chi connectivity index (χ0v) is 14.0. The molecule has 3 nitrogen and oxygen atoms in total. The number of thiocarbonyl (C=S) groups is 1. The molecule has 0 radical (unpaired) electrons. The van der Waals surface area contributed by atoms with Gasteiger partial charge in [0.2, 0.25) is 5.91 Å². The molecule has 0 aliphatic heterocycles. The van der Waals surface area contributed by atoms with Gasteiger partial charge in [-0.1, -0.05) is 52.3 Å². The number of carbonyl (C=O) groups is 1. The van der Waals surface area contributed by atoms with E-state index < -0.39 is 5.41 Å². The van der Waals surface area contributed by atoms with Gasteiger partial charge in [-0.3, -0.25) is 4.79 Å². The van der Waals surface area contributed by atoms with E-state index in [2.05, 4.69) is 12.2 Å². The first-order valence-electron chi connectivity index (χ1n) is 8.08. The fourth-order valence-corrected chi connectivity index (χ4v) is 3.66. The number of carbonyl (C=O) groups excluding carboxylic acids is 1. The molecule has 1 aliphatic carbocycles. The van der Waals surface area contributed by atoms with Crippen LogP contribution in [0.25, 0.3) is 0 Å². The van der Waals surface area contributed by atoms with Gasteiger partial charge in [0.05, 0.1) is 10.4 Å². The molecule has 0 aromatic rings. The summed E-state index contributed by atoms with van der Waals surface area (Å²) >= 11 is 5.12. The number of hydrogen-bond donors (Lipinski definition) is 2. The Balaban J connectivity index is 2.48. The summed E-state index contributed by atoms with van der Waals surface area (Å²) in [7, 11) is 0. The first-order chi connectivity index (χ1) is 9.50. The summed E-state index contributed by atoms with van der Waals surface area (Å²) in [5, 5.41) is 3.10. The molecule has 0 atom stereocenters. The lowest BCUT2D eigenvalue weighted by molar-refractivity contribution is -0.128. The van der Waals surface area contributed by atoms with Gasteiger partial charge in [0.25, 0.3) is 0 Å². The first kappa shape index (κ1) is 17.4. The van der Waals surface area contributed by atoms with Crippen LogP contribution in [0.15, 0.2) is 0 Å². The van der Waals surface area contributed by atoms with Crippen LogP contribution in [0.1, 0.15) is 65.7 Å². The van der Waals surface area contributed by atoms with Crippen LogP contribution >= 0.6 is 12.2 Å². The molecule has 0 spiro atoms. The van der Waals surface area contributed by atoms with E-state index in [1.54, 1.807) is 0 Å². The lowest BCUT2D eigenvalue weighted by Gasteiger charge is -2.32. The molecule has 0 saturated heterocycles. The van der Waals surface area contributed by atoms with Gasteiger partial charge in [0.15, 0.2) is 0 Å².